The number of hydrogen-bond acceptors (Lipinski definition) is 3. The number of benzene rings is 1. The van der Waals surface area contributed by atoms with Crippen LogP contribution in [0.1, 0.15) is 6.92 Å². The maximum Gasteiger partial charge on any atom is 0.120 e. The van der Waals surface area contributed by atoms with E-state index in [-0.39, 0.29) is 6.04 Å². The molecule has 1 aromatic carbocycles. The van der Waals surface area contributed by atoms with E-state index in [4.69, 9.17) is 10.00 Å². The molecule has 1 aromatic rings. The molecule has 0 saturated carbocycles. The molecule has 1 atom stereocenters. The van der Waals surface area contributed by atoms with Gasteiger partial charge >= 0.3 is 0 Å². The van der Waals surface area contributed by atoms with E-state index in [0.29, 0.717) is 0 Å². The molecular weight excluding hydrogens is 164 g/mol. The third-order valence-corrected chi connectivity index (χ3v) is 1.65. The topological polar surface area (TPSA) is 45.0 Å². The Bertz CT molecular complexity index is 317. The number of nitrogens with one attached hydrogen (secondary N) is 1. The lowest BCUT2D eigenvalue weighted by atomic mass is 10.2. The number of nitrogens with zero attached hydrogens (tertiary/aromatic N) is 1. The highest BCUT2D eigenvalue weighted by Crippen LogP contribution is 2.16. The fraction of sp³-hybridized carbons (Fsp3) is 0.300. The summed E-state index contributed by atoms with van der Waals surface area (Å²) in [6, 6.07) is 9.41. The third-order valence-electron chi connectivity index (χ3n) is 1.65. The number of hydrogen-bond donors (Lipinski definition) is 1. The van der Waals surface area contributed by atoms with Crippen molar-refractivity contribution in [3.05, 3.63) is 24.3 Å². The first kappa shape index (κ1) is 9.40. The highest BCUT2D eigenvalue weighted by molar-refractivity contribution is 5.49. The average molecular weight is 176 g/mol. The molecule has 1 unspecified atom stereocenters. The molecule has 0 aromatic heterocycles. The van der Waals surface area contributed by atoms with Gasteiger partial charge in [-0.25, -0.2) is 0 Å². The molecular formula is C10H12N2O. The standard InChI is InChI=1S/C10H12N2O/c1-8(7-11)12-9-4-3-5-10(6-9)13-2/h3-6,8,12H,1-2H3. The number of nitriles is 1. The smallest absolute Gasteiger partial charge is 0.120 e. The highest BCUT2D eigenvalue weighted by Gasteiger charge is 1.99. The predicted molar refractivity (Wildman–Crippen MR) is 51.7 cm³/mol. The minimum Gasteiger partial charge on any atom is -0.497 e. The van der Waals surface area contributed by atoms with Crippen LogP contribution < -0.4 is 10.1 Å². The zero-order valence-corrected chi connectivity index (χ0v) is 7.74. The molecule has 0 aliphatic heterocycles. The number of rotatable bonds is 3. The van der Waals surface area contributed by atoms with E-state index in [1.807, 2.05) is 24.3 Å². The van der Waals surface area contributed by atoms with Crippen molar-refractivity contribution in [1.29, 1.82) is 5.26 Å². The molecule has 0 aliphatic carbocycles. The third kappa shape index (κ3) is 2.68. The largest absolute Gasteiger partial charge is 0.497 e. The monoisotopic (exact) mass is 176 g/mol. The Kier molecular flexibility index (Phi) is 3.15. The van der Waals surface area contributed by atoms with Gasteiger partial charge in [0.2, 0.25) is 0 Å². The minimum atomic E-state index is -0.188. The van der Waals surface area contributed by atoms with E-state index in [9.17, 15) is 0 Å². The summed E-state index contributed by atoms with van der Waals surface area (Å²) >= 11 is 0. The summed E-state index contributed by atoms with van der Waals surface area (Å²) in [6.45, 7) is 1.81. The van der Waals surface area contributed by atoms with Gasteiger partial charge in [0.05, 0.1) is 13.2 Å². The summed E-state index contributed by atoms with van der Waals surface area (Å²) in [5.41, 5.74) is 0.897. The van der Waals surface area contributed by atoms with Crippen molar-refractivity contribution < 1.29 is 4.74 Å². The Morgan fingerprint density at radius 2 is 2.31 bits per heavy atom. The van der Waals surface area contributed by atoms with E-state index in [0.717, 1.165) is 11.4 Å². The molecule has 0 aliphatic rings. The van der Waals surface area contributed by atoms with E-state index < -0.39 is 0 Å². The molecule has 68 valence electrons. The van der Waals surface area contributed by atoms with Gasteiger partial charge in [-0.1, -0.05) is 6.07 Å². The van der Waals surface area contributed by atoms with Crippen LogP contribution in [0, 0.1) is 11.3 Å². The number of ether oxygens (including phenoxy) is 1. The fourth-order valence-corrected chi connectivity index (χ4v) is 0.995. The van der Waals surface area contributed by atoms with Crippen LogP contribution in [-0.2, 0) is 0 Å². The van der Waals surface area contributed by atoms with Gasteiger partial charge in [-0.05, 0) is 19.1 Å². The van der Waals surface area contributed by atoms with Crippen LogP contribution in [0.4, 0.5) is 5.69 Å². The first-order valence-electron chi connectivity index (χ1n) is 4.06. The quantitative estimate of drug-likeness (QED) is 0.766. The van der Waals surface area contributed by atoms with Crippen molar-refractivity contribution in [3.8, 4) is 11.8 Å². The van der Waals surface area contributed by atoms with Crippen LogP contribution in [0.5, 0.6) is 5.75 Å². The second-order valence-electron chi connectivity index (χ2n) is 2.73. The Morgan fingerprint density at radius 3 is 2.92 bits per heavy atom. The van der Waals surface area contributed by atoms with Crippen LogP contribution in [0.3, 0.4) is 0 Å². The summed E-state index contributed by atoms with van der Waals surface area (Å²) in [5, 5.41) is 11.6. The molecule has 0 saturated heterocycles. The summed E-state index contributed by atoms with van der Waals surface area (Å²) in [5.74, 6) is 0.787. The zero-order chi connectivity index (χ0) is 9.68. The molecule has 0 bridgehead atoms. The Morgan fingerprint density at radius 1 is 1.54 bits per heavy atom. The summed E-state index contributed by atoms with van der Waals surface area (Å²) in [7, 11) is 1.62. The Labute approximate surface area is 77.9 Å². The second kappa shape index (κ2) is 4.36. The lowest BCUT2D eigenvalue weighted by molar-refractivity contribution is 0.415. The molecule has 13 heavy (non-hydrogen) atoms. The van der Waals surface area contributed by atoms with Gasteiger partial charge in [-0.3, -0.25) is 0 Å². The zero-order valence-electron chi connectivity index (χ0n) is 7.74. The van der Waals surface area contributed by atoms with E-state index >= 15 is 0 Å². The van der Waals surface area contributed by atoms with Crippen LogP contribution in [0.15, 0.2) is 24.3 Å². The van der Waals surface area contributed by atoms with Gasteiger partial charge in [0.25, 0.3) is 0 Å². The molecule has 0 heterocycles. The molecule has 0 radical (unpaired) electrons. The van der Waals surface area contributed by atoms with Crippen molar-refractivity contribution in [2.45, 2.75) is 13.0 Å². The molecule has 0 amide bonds. The van der Waals surface area contributed by atoms with Gasteiger partial charge in [0.1, 0.15) is 11.8 Å². The number of anilines is 1. The molecule has 0 fully saturated rings. The van der Waals surface area contributed by atoms with Crippen molar-refractivity contribution in [3.63, 3.8) is 0 Å². The van der Waals surface area contributed by atoms with Crippen molar-refractivity contribution in [1.82, 2.24) is 0 Å². The van der Waals surface area contributed by atoms with E-state index in [2.05, 4.69) is 11.4 Å². The first-order valence-corrected chi connectivity index (χ1v) is 4.06. The SMILES string of the molecule is COc1cccc(NC(C)C#N)c1. The highest BCUT2D eigenvalue weighted by atomic mass is 16.5. The fourth-order valence-electron chi connectivity index (χ4n) is 0.995. The average Bonchev–Trinajstić information content (AvgIpc) is 2.18. The van der Waals surface area contributed by atoms with Crippen molar-refractivity contribution in [2.75, 3.05) is 12.4 Å². The van der Waals surface area contributed by atoms with Gasteiger partial charge in [0.15, 0.2) is 0 Å². The van der Waals surface area contributed by atoms with Gasteiger partial charge in [-0.2, -0.15) is 5.26 Å². The second-order valence-corrected chi connectivity index (χ2v) is 2.73. The van der Waals surface area contributed by atoms with Crippen molar-refractivity contribution >= 4 is 5.69 Å². The molecule has 3 heteroatoms. The molecule has 0 spiro atoms. The summed E-state index contributed by atoms with van der Waals surface area (Å²) < 4.78 is 5.05. The molecule has 3 nitrogen and oxygen atoms in total. The van der Waals surface area contributed by atoms with Crippen LogP contribution in [0.25, 0.3) is 0 Å². The normalized spacial score (nSPS) is 11.5. The Balaban J connectivity index is 2.73. The lowest BCUT2D eigenvalue weighted by Crippen LogP contribution is -2.11. The predicted octanol–water partition coefficient (Wildman–Crippen LogP) is 2.02. The van der Waals surface area contributed by atoms with E-state index in [1.54, 1.807) is 14.0 Å². The Hall–Kier alpha value is -1.69. The van der Waals surface area contributed by atoms with Crippen LogP contribution in [0.2, 0.25) is 0 Å². The summed E-state index contributed by atoms with van der Waals surface area (Å²) in [6.07, 6.45) is 0. The minimum absolute atomic E-state index is 0.188. The van der Waals surface area contributed by atoms with Crippen molar-refractivity contribution in [2.24, 2.45) is 0 Å². The first-order chi connectivity index (χ1) is 6.26. The van der Waals surface area contributed by atoms with Crippen LogP contribution in [-0.4, -0.2) is 13.2 Å². The van der Waals surface area contributed by atoms with Gasteiger partial charge in [-0.15, -0.1) is 0 Å². The lowest BCUT2D eigenvalue weighted by Gasteiger charge is -2.08. The maximum absolute atomic E-state index is 8.58. The van der Waals surface area contributed by atoms with Gasteiger partial charge < -0.3 is 10.1 Å². The van der Waals surface area contributed by atoms with Gasteiger partial charge in [0, 0.05) is 11.8 Å². The molecule has 1 rings (SSSR count). The maximum atomic E-state index is 8.58. The van der Waals surface area contributed by atoms with Crippen LogP contribution >= 0.6 is 0 Å². The molecule has 1 N–H and O–H groups in total. The number of methoxy groups -OCH3 is 1. The summed E-state index contributed by atoms with van der Waals surface area (Å²) in [4.78, 5) is 0. The van der Waals surface area contributed by atoms with E-state index in [1.165, 1.54) is 0 Å².